The molecule has 0 spiro atoms. The molecule has 1 fully saturated rings. The molecule has 1 aliphatic rings. The summed E-state index contributed by atoms with van der Waals surface area (Å²) in [5.41, 5.74) is -1.99. The number of aromatic nitrogens is 3. The highest BCUT2D eigenvalue weighted by atomic mass is 19.2. The summed E-state index contributed by atoms with van der Waals surface area (Å²) in [6.45, 7) is -1.24. The van der Waals surface area contributed by atoms with E-state index >= 15 is 8.78 Å². The van der Waals surface area contributed by atoms with Crippen LogP contribution in [0.15, 0.2) is 188 Å². The predicted octanol–water partition coefficient (Wildman–Crippen LogP) is 9.49. The normalized spacial score (nSPS) is 18.8. The molecule has 2 aromatic heterocycles. The average Bonchev–Trinajstić information content (AvgIpc) is 3.86. The van der Waals surface area contributed by atoms with Crippen molar-refractivity contribution in [3.05, 3.63) is 228 Å². The zero-order chi connectivity index (χ0) is 47.3. The summed E-state index contributed by atoms with van der Waals surface area (Å²) in [7, 11) is 1.56. The number of ether oxygens (including phenoxy) is 5. The van der Waals surface area contributed by atoms with Gasteiger partial charge in [0, 0.05) is 6.20 Å². The van der Waals surface area contributed by atoms with Crippen LogP contribution in [0.25, 0.3) is 11.0 Å². The topological polar surface area (TPSA) is 140 Å². The maximum atomic E-state index is 18.3. The van der Waals surface area contributed by atoms with Gasteiger partial charge in [-0.2, -0.15) is 0 Å². The highest BCUT2D eigenvalue weighted by Crippen LogP contribution is 2.51. The van der Waals surface area contributed by atoms with Crippen LogP contribution in [0.3, 0.4) is 0 Å². The number of fused-ring (bicyclic) bond motifs is 1. The maximum Gasteiger partial charge on any atom is 0.339 e. The third-order valence-corrected chi connectivity index (χ3v) is 11.7. The third kappa shape index (κ3) is 8.16. The molecule has 3 heterocycles. The number of terminal acetylenes is 1. The van der Waals surface area contributed by atoms with E-state index in [2.05, 4.69) is 21.2 Å². The van der Waals surface area contributed by atoms with Gasteiger partial charge in [0.1, 0.15) is 23.4 Å². The lowest BCUT2D eigenvalue weighted by molar-refractivity contribution is -0.207. The first-order chi connectivity index (χ1) is 33.1. The largest absolute Gasteiger partial charge is 0.497 e. The number of benzene rings is 6. The molecule has 0 bridgehead atoms. The summed E-state index contributed by atoms with van der Waals surface area (Å²) in [6.07, 6.45) is 4.02. The molecule has 68 heavy (non-hydrogen) atoms. The van der Waals surface area contributed by atoms with Gasteiger partial charge in [-0.3, -0.25) is 4.57 Å². The van der Waals surface area contributed by atoms with Gasteiger partial charge < -0.3 is 29.0 Å². The van der Waals surface area contributed by atoms with Crippen molar-refractivity contribution >= 4 is 34.8 Å². The fourth-order valence-electron chi connectivity index (χ4n) is 8.40. The van der Waals surface area contributed by atoms with Crippen molar-refractivity contribution in [3.8, 4) is 18.1 Å². The predicted molar refractivity (Wildman–Crippen MR) is 247 cm³/mol. The Morgan fingerprint density at radius 3 is 1.75 bits per heavy atom. The fraction of sp³-hybridized carbons (Fsp3) is 0.130. The first kappa shape index (κ1) is 44.5. The molecular formula is C54H40F2N4O8. The van der Waals surface area contributed by atoms with Gasteiger partial charge in [0.25, 0.3) is 11.5 Å². The Morgan fingerprint density at radius 1 is 0.721 bits per heavy atom. The molecule has 4 atom stereocenters. The summed E-state index contributed by atoms with van der Waals surface area (Å²) in [5.74, 6) is -4.48. The van der Waals surface area contributed by atoms with Crippen LogP contribution in [0.2, 0.25) is 0 Å². The van der Waals surface area contributed by atoms with Crippen LogP contribution in [0.1, 0.15) is 54.0 Å². The number of hydrogen-bond donors (Lipinski definition) is 1. The van der Waals surface area contributed by atoms with Gasteiger partial charge in [-0.25, -0.2) is 33.1 Å². The number of nitrogens with one attached hydrogen (secondary N) is 1. The number of rotatable bonds is 14. The summed E-state index contributed by atoms with van der Waals surface area (Å²) in [4.78, 5) is 50.5. The zero-order valence-corrected chi connectivity index (χ0v) is 36.2. The van der Waals surface area contributed by atoms with Gasteiger partial charge in [-0.05, 0) is 71.1 Å². The fourth-order valence-corrected chi connectivity index (χ4v) is 8.40. The van der Waals surface area contributed by atoms with E-state index in [-0.39, 0.29) is 33.5 Å². The zero-order valence-electron chi connectivity index (χ0n) is 36.2. The van der Waals surface area contributed by atoms with Crippen LogP contribution < -0.4 is 10.1 Å². The summed E-state index contributed by atoms with van der Waals surface area (Å²) >= 11 is 0. The highest BCUT2D eigenvalue weighted by molar-refractivity contribution is 5.92. The van der Waals surface area contributed by atoms with Crippen LogP contribution in [-0.4, -0.2) is 63.7 Å². The number of nitrogens with zero attached hydrogens (tertiary/aromatic N) is 3. The van der Waals surface area contributed by atoms with Crippen molar-refractivity contribution in [2.24, 2.45) is 0 Å². The quantitative estimate of drug-likeness (QED) is 0.0483. The lowest BCUT2D eigenvalue weighted by atomic mass is 9.77. The highest BCUT2D eigenvalue weighted by Gasteiger charge is 2.71. The van der Waals surface area contributed by atoms with Crippen LogP contribution in [-0.2, 0) is 24.5 Å². The van der Waals surface area contributed by atoms with Gasteiger partial charge >= 0.3 is 17.9 Å². The average molecular weight is 911 g/mol. The minimum Gasteiger partial charge on any atom is -0.497 e. The number of carbonyl (C=O) groups excluding carboxylic acids is 3. The first-order valence-corrected chi connectivity index (χ1v) is 21.3. The molecule has 338 valence electrons. The number of esters is 3. The molecule has 1 saturated heterocycles. The minimum absolute atomic E-state index is 0.0179. The number of hydrogen-bond acceptors (Lipinski definition) is 11. The van der Waals surface area contributed by atoms with Crippen LogP contribution in [0.4, 0.5) is 14.6 Å². The standard InChI is InChI=1S/C54H40F2N4O8/c1-3-52(67-49(63)38-23-13-6-14-24-38)50(66-48(62)37-21-11-5-12-22-37)53(56,34-65-47(61)36-19-9-4-10-20-36)68-51(52)60-33-43(55)44-45(57-35-58-46(44)60)59-54(39-25-15-7-16-26-39,40-27-17-8-18-28-40)41-29-31-42(64-2)32-30-41/h1,4-33,35,50-51H,34H2,2H3,(H,57,58,59)/t50-,51+,52+,53+/m0/s1. The van der Waals surface area contributed by atoms with E-state index in [1.54, 1.807) is 73.8 Å². The summed E-state index contributed by atoms with van der Waals surface area (Å²) in [6, 6.07) is 49.2. The number of anilines is 1. The Labute approximate surface area is 389 Å². The van der Waals surface area contributed by atoms with Gasteiger partial charge in [-0.1, -0.05) is 127 Å². The summed E-state index contributed by atoms with van der Waals surface area (Å²) < 4.78 is 65.8. The van der Waals surface area contributed by atoms with E-state index in [9.17, 15) is 14.4 Å². The van der Waals surface area contributed by atoms with E-state index in [4.69, 9.17) is 30.1 Å². The SMILES string of the molecule is C#C[C@]1(OC(=O)c2ccccc2)[C@H](n2cc(F)c3c(NC(c4ccccc4)(c4ccccc4)c4ccc(OC)cc4)ncnc32)O[C@](F)(COC(=O)c2ccccc2)[C@H]1OC(=O)c1ccccc1. The van der Waals surface area contributed by atoms with Crippen molar-refractivity contribution in [2.45, 2.75) is 29.3 Å². The Kier molecular flexibility index (Phi) is 12.2. The second-order valence-corrected chi connectivity index (χ2v) is 15.7. The maximum absolute atomic E-state index is 18.3. The Balaban J connectivity index is 1.22. The number of methoxy groups -OCH3 is 1. The van der Waals surface area contributed by atoms with Crippen molar-refractivity contribution in [1.82, 2.24) is 14.5 Å². The Hall–Kier alpha value is -8.67. The Bertz CT molecular complexity index is 3080. The van der Waals surface area contributed by atoms with Gasteiger partial charge in [0.15, 0.2) is 24.3 Å². The van der Waals surface area contributed by atoms with Gasteiger partial charge in [-0.15, -0.1) is 6.42 Å². The molecule has 0 aliphatic carbocycles. The summed E-state index contributed by atoms with van der Waals surface area (Å²) in [5, 5.41) is 3.36. The minimum atomic E-state index is -3.37. The Morgan fingerprint density at radius 2 is 1.22 bits per heavy atom. The molecule has 14 heteroatoms. The van der Waals surface area contributed by atoms with Crippen molar-refractivity contribution < 1.29 is 46.8 Å². The van der Waals surface area contributed by atoms with E-state index in [1.165, 1.54) is 36.4 Å². The molecule has 0 saturated carbocycles. The van der Waals surface area contributed by atoms with Crippen LogP contribution >= 0.6 is 0 Å². The van der Waals surface area contributed by atoms with E-state index in [0.717, 1.165) is 33.8 Å². The smallest absolute Gasteiger partial charge is 0.339 e. The van der Waals surface area contributed by atoms with Crippen molar-refractivity contribution in [3.63, 3.8) is 0 Å². The third-order valence-electron chi connectivity index (χ3n) is 11.7. The second-order valence-electron chi connectivity index (χ2n) is 15.7. The van der Waals surface area contributed by atoms with E-state index < -0.39 is 59.7 Å². The first-order valence-electron chi connectivity index (χ1n) is 21.3. The van der Waals surface area contributed by atoms with Gasteiger partial charge in [0.2, 0.25) is 6.10 Å². The van der Waals surface area contributed by atoms with Crippen molar-refractivity contribution in [1.29, 1.82) is 0 Å². The molecule has 1 aliphatic heterocycles. The second kappa shape index (κ2) is 18.7. The monoisotopic (exact) mass is 910 g/mol. The number of carbonyl (C=O) groups is 3. The molecule has 0 radical (unpaired) electrons. The lowest BCUT2D eigenvalue weighted by Crippen LogP contribution is -2.55. The molecule has 12 nitrogen and oxygen atoms in total. The molecular weight excluding hydrogens is 871 g/mol. The van der Waals surface area contributed by atoms with E-state index in [1.807, 2.05) is 72.8 Å². The number of halogens is 2. The van der Waals surface area contributed by atoms with E-state index in [0.29, 0.717) is 5.75 Å². The van der Waals surface area contributed by atoms with Crippen LogP contribution in [0, 0.1) is 18.2 Å². The molecule has 9 rings (SSSR count). The number of alkyl halides is 1. The molecule has 8 aromatic rings. The van der Waals surface area contributed by atoms with Crippen LogP contribution in [0.5, 0.6) is 5.75 Å². The molecule has 6 aromatic carbocycles. The molecule has 0 unspecified atom stereocenters. The lowest BCUT2D eigenvalue weighted by Gasteiger charge is -2.37. The van der Waals surface area contributed by atoms with Gasteiger partial charge in [0.05, 0.1) is 29.2 Å². The molecule has 0 amide bonds. The van der Waals surface area contributed by atoms with Crippen molar-refractivity contribution in [2.75, 3.05) is 19.0 Å². The molecule has 1 N–H and O–H groups in total.